The smallest absolute Gasteiger partial charge is 0.0477 e. The number of anilines is 1. The van der Waals surface area contributed by atoms with Crippen LogP contribution < -0.4 is 5.73 Å². The molecule has 0 saturated carbocycles. The third kappa shape index (κ3) is 2.19. The molecule has 0 saturated heterocycles. The Kier molecular flexibility index (Phi) is 3.15. The first-order chi connectivity index (χ1) is 7.70. The number of hydrogen-bond donors (Lipinski definition) is 2. The largest absolute Gasteiger partial charge is 0.399 e. The van der Waals surface area contributed by atoms with Gasteiger partial charge in [-0.25, -0.2) is 0 Å². The number of nitrogens with two attached hydrogens (primary N) is 1. The van der Waals surface area contributed by atoms with E-state index in [0.29, 0.717) is 0 Å². The van der Waals surface area contributed by atoms with Crippen molar-refractivity contribution in [1.29, 1.82) is 0 Å². The van der Waals surface area contributed by atoms with E-state index in [1.165, 1.54) is 10.9 Å². The highest BCUT2D eigenvalue weighted by Crippen LogP contribution is 2.21. The van der Waals surface area contributed by atoms with Crippen LogP contribution in [0.5, 0.6) is 0 Å². The van der Waals surface area contributed by atoms with Crippen molar-refractivity contribution in [3.63, 3.8) is 0 Å². The van der Waals surface area contributed by atoms with Crippen molar-refractivity contribution in [2.75, 3.05) is 25.9 Å². The van der Waals surface area contributed by atoms with Crippen LogP contribution in [0.4, 0.5) is 5.69 Å². The zero-order chi connectivity index (χ0) is 11.5. The molecule has 1 aromatic heterocycles. The molecule has 0 aliphatic heterocycles. The Hall–Kier alpha value is -1.48. The number of nitrogens with zero attached hydrogens (tertiary/aromatic N) is 1. The molecule has 0 aliphatic rings. The quantitative estimate of drug-likeness (QED) is 0.771. The van der Waals surface area contributed by atoms with E-state index in [4.69, 9.17) is 5.73 Å². The van der Waals surface area contributed by atoms with Crippen molar-refractivity contribution in [3.8, 4) is 0 Å². The fourth-order valence-corrected chi connectivity index (χ4v) is 1.88. The fraction of sp³-hybridized carbons (Fsp3) is 0.385. The highest BCUT2D eigenvalue weighted by atomic mass is 15.1. The van der Waals surface area contributed by atoms with Crippen molar-refractivity contribution >= 4 is 16.6 Å². The predicted octanol–water partition coefficient (Wildman–Crippen LogP) is 2.24. The lowest BCUT2D eigenvalue weighted by molar-refractivity contribution is 0.358. The number of benzene rings is 1. The Labute approximate surface area is 96.2 Å². The Morgan fingerprint density at radius 2 is 2.19 bits per heavy atom. The number of nitrogen functional groups attached to an aromatic ring is 1. The zero-order valence-electron chi connectivity index (χ0n) is 9.96. The molecule has 2 rings (SSSR count). The van der Waals surface area contributed by atoms with E-state index in [1.807, 2.05) is 12.1 Å². The second kappa shape index (κ2) is 4.58. The van der Waals surface area contributed by atoms with Gasteiger partial charge in [-0.1, -0.05) is 13.0 Å². The molecule has 1 heterocycles. The number of nitrogens with one attached hydrogen (secondary N) is 1. The molecule has 86 valence electrons. The van der Waals surface area contributed by atoms with Crippen LogP contribution in [0.25, 0.3) is 10.9 Å². The summed E-state index contributed by atoms with van der Waals surface area (Å²) >= 11 is 0. The second-order valence-corrected chi connectivity index (χ2v) is 4.26. The minimum atomic E-state index is 0.812. The van der Waals surface area contributed by atoms with Crippen LogP contribution in [0.2, 0.25) is 0 Å². The van der Waals surface area contributed by atoms with Crippen LogP contribution in [0.15, 0.2) is 24.4 Å². The summed E-state index contributed by atoms with van der Waals surface area (Å²) in [6.07, 6.45) is 3.17. The first-order valence-corrected chi connectivity index (χ1v) is 5.74. The molecule has 3 nitrogen and oxygen atoms in total. The molecule has 0 radical (unpaired) electrons. The molecule has 0 fully saturated rings. The molecule has 0 bridgehead atoms. The van der Waals surface area contributed by atoms with E-state index in [1.54, 1.807) is 0 Å². The lowest BCUT2D eigenvalue weighted by Crippen LogP contribution is -2.20. The number of aromatic nitrogens is 1. The van der Waals surface area contributed by atoms with Crippen LogP contribution in [0.1, 0.15) is 12.5 Å². The molecule has 1 aromatic carbocycles. The summed E-state index contributed by atoms with van der Waals surface area (Å²) in [7, 11) is 2.15. The molecule has 0 aliphatic carbocycles. The SMILES string of the molecule is CCN(C)CCc1c[nH]c2cc(N)ccc12. The second-order valence-electron chi connectivity index (χ2n) is 4.26. The summed E-state index contributed by atoms with van der Waals surface area (Å²) in [5, 5.41) is 1.29. The van der Waals surface area contributed by atoms with Crippen molar-refractivity contribution in [2.45, 2.75) is 13.3 Å². The van der Waals surface area contributed by atoms with Gasteiger partial charge in [0.15, 0.2) is 0 Å². The first kappa shape index (κ1) is 11.0. The molecule has 16 heavy (non-hydrogen) atoms. The molecule has 0 atom stereocenters. The highest BCUT2D eigenvalue weighted by molar-refractivity contribution is 5.85. The summed E-state index contributed by atoms with van der Waals surface area (Å²) in [4.78, 5) is 5.59. The van der Waals surface area contributed by atoms with E-state index in [0.717, 1.165) is 30.7 Å². The van der Waals surface area contributed by atoms with Gasteiger partial charge in [0.25, 0.3) is 0 Å². The van der Waals surface area contributed by atoms with Crippen molar-refractivity contribution < 1.29 is 0 Å². The summed E-state index contributed by atoms with van der Waals surface area (Å²) in [5.41, 5.74) is 9.06. The standard InChI is InChI=1S/C13H19N3/c1-3-16(2)7-6-10-9-15-13-8-11(14)4-5-12(10)13/h4-5,8-9,15H,3,6-7,14H2,1-2H3. The van der Waals surface area contributed by atoms with Gasteiger partial charge in [0.2, 0.25) is 0 Å². The van der Waals surface area contributed by atoms with Crippen LogP contribution in [0.3, 0.4) is 0 Å². The van der Waals surface area contributed by atoms with E-state index < -0.39 is 0 Å². The Morgan fingerprint density at radius 3 is 2.94 bits per heavy atom. The number of rotatable bonds is 4. The van der Waals surface area contributed by atoms with Gasteiger partial charge >= 0.3 is 0 Å². The third-order valence-electron chi connectivity index (χ3n) is 3.09. The molecule has 2 aromatic rings. The van der Waals surface area contributed by atoms with Gasteiger partial charge in [-0.3, -0.25) is 0 Å². The lowest BCUT2D eigenvalue weighted by atomic mass is 10.1. The Balaban J connectivity index is 2.19. The molecule has 0 spiro atoms. The van der Waals surface area contributed by atoms with E-state index in [2.05, 4.69) is 36.1 Å². The lowest BCUT2D eigenvalue weighted by Gasteiger charge is -2.12. The van der Waals surface area contributed by atoms with Gasteiger partial charge in [0.05, 0.1) is 0 Å². The van der Waals surface area contributed by atoms with Crippen LogP contribution in [-0.2, 0) is 6.42 Å². The maximum absolute atomic E-state index is 5.75. The van der Waals surface area contributed by atoms with Crippen LogP contribution in [-0.4, -0.2) is 30.0 Å². The van der Waals surface area contributed by atoms with Gasteiger partial charge in [-0.05, 0) is 37.7 Å². The number of aromatic amines is 1. The Morgan fingerprint density at radius 1 is 1.38 bits per heavy atom. The predicted molar refractivity (Wildman–Crippen MR) is 69.6 cm³/mol. The van der Waals surface area contributed by atoms with E-state index in [-0.39, 0.29) is 0 Å². The third-order valence-corrected chi connectivity index (χ3v) is 3.09. The van der Waals surface area contributed by atoms with Crippen LogP contribution in [0, 0.1) is 0 Å². The van der Waals surface area contributed by atoms with Gasteiger partial charge < -0.3 is 15.6 Å². The van der Waals surface area contributed by atoms with E-state index in [9.17, 15) is 0 Å². The zero-order valence-corrected chi connectivity index (χ0v) is 9.96. The topological polar surface area (TPSA) is 45.0 Å². The van der Waals surface area contributed by atoms with Gasteiger partial charge in [-0.2, -0.15) is 0 Å². The van der Waals surface area contributed by atoms with Crippen LogP contribution >= 0.6 is 0 Å². The molecule has 3 heteroatoms. The molecule has 0 unspecified atom stereocenters. The van der Waals surface area contributed by atoms with Gasteiger partial charge in [0.1, 0.15) is 0 Å². The normalized spacial score (nSPS) is 11.4. The van der Waals surface area contributed by atoms with Crippen molar-refractivity contribution in [3.05, 3.63) is 30.0 Å². The summed E-state index contributed by atoms with van der Waals surface area (Å²) in [6.45, 7) is 4.36. The number of H-pyrrole nitrogens is 1. The average molecular weight is 217 g/mol. The summed E-state index contributed by atoms with van der Waals surface area (Å²) < 4.78 is 0. The summed E-state index contributed by atoms with van der Waals surface area (Å²) in [5.74, 6) is 0. The number of likely N-dealkylation sites (N-methyl/N-ethyl adjacent to an activating group) is 1. The van der Waals surface area contributed by atoms with Gasteiger partial charge in [0, 0.05) is 29.3 Å². The molecule has 3 N–H and O–H groups in total. The molecule has 0 amide bonds. The van der Waals surface area contributed by atoms with Gasteiger partial charge in [-0.15, -0.1) is 0 Å². The summed E-state index contributed by atoms with van der Waals surface area (Å²) in [6, 6.07) is 6.05. The van der Waals surface area contributed by atoms with Crippen molar-refractivity contribution in [1.82, 2.24) is 9.88 Å². The number of fused-ring (bicyclic) bond motifs is 1. The monoisotopic (exact) mass is 217 g/mol. The Bertz CT molecular complexity index is 473. The first-order valence-electron chi connectivity index (χ1n) is 5.74. The highest BCUT2D eigenvalue weighted by Gasteiger charge is 2.04. The fourth-order valence-electron chi connectivity index (χ4n) is 1.88. The van der Waals surface area contributed by atoms with E-state index >= 15 is 0 Å². The number of hydrogen-bond acceptors (Lipinski definition) is 2. The minimum Gasteiger partial charge on any atom is -0.399 e. The average Bonchev–Trinajstić information content (AvgIpc) is 2.68. The minimum absolute atomic E-state index is 0.812. The molecular formula is C13H19N3. The maximum atomic E-state index is 5.75. The maximum Gasteiger partial charge on any atom is 0.0477 e. The molecular weight excluding hydrogens is 198 g/mol. The van der Waals surface area contributed by atoms with Crippen molar-refractivity contribution in [2.24, 2.45) is 0 Å².